The van der Waals surface area contributed by atoms with E-state index in [1.54, 1.807) is 6.07 Å². The fourth-order valence-corrected chi connectivity index (χ4v) is 2.99. The van der Waals surface area contributed by atoms with Crippen LogP contribution in [0.15, 0.2) is 12.1 Å². The van der Waals surface area contributed by atoms with Gasteiger partial charge in [-0.25, -0.2) is 4.79 Å². The van der Waals surface area contributed by atoms with Gasteiger partial charge in [0.15, 0.2) is 0 Å². The number of anilines is 2. The van der Waals surface area contributed by atoms with Crippen LogP contribution in [0.1, 0.15) is 28.8 Å². The SMILES string of the molecule is Cc1cc(N2CCN(CC3CC3)CC2)cc(C(=O)O)c1N. The van der Waals surface area contributed by atoms with Crippen molar-refractivity contribution in [1.29, 1.82) is 0 Å². The molecule has 1 aromatic rings. The molecular formula is C16H23N3O2. The summed E-state index contributed by atoms with van der Waals surface area (Å²) < 4.78 is 0. The van der Waals surface area contributed by atoms with Gasteiger partial charge < -0.3 is 15.7 Å². The van der Waals surface area contributed by atoms with Gasteiger partial charge in [-0.3, -0.25) is 4.90 Å². The first-order chi connectivity index (χ1) is 10.0. The van der Waals surface area contributed by atoms with Crippen LogP contribution >= 0.6 is 0 Å². The highest BCUT2D eigenvalue weighted by Crippen LogP contribution is 2.31. The molecule has 1 aliphatic heterocycles. The van der Waals surface area contributed by atoms with Gasteiger partial charge in [0.05, 0.1) is 5.56 Å². The number of rotatable bonds is 4. The highest BCUT2D eigenvalue weighted by molar-refractivity contribution is 5.95. The second-order valence-electron chi connectivity index (χ2n) is 6.26. The van der Waals surface area contributed by atoms with Gasteiger partial charge >= 0.3 is 5.97 Å². The van der Waals surface area contributed by atoms with Crippen LogP contribution < -0.4 is 10.6 Å². The van der Waals surface area contributed by atoms with Crippen molar-refractivity contribution in [1.82, 2.24) is 4.90 Å². The standard InChI is InChI=1S/C16H23N3O2/c1-11-8-13(9-14(15(11)17)16(20)21)19-6-4-18(5-7-19)10-12-2-3-12/h8-9,12H,2-7,10,17H2,1H3,(H,20,21). The molecule has 114 valence electrons. The molecule has 21 heavy (non-hydrogen) atoms. The Labute approximate surface area is 125 Å². The normalized spacial score (nSPS) is 19.8. The molecule has 3 N–H and O–H groups in total. The fraction of sp³-hybridized carbons (Fsp3) is 0.562. The van der Waals surface area contributed by atoms with Crippen LogP contribution in [-0.4, -0.2) is 48.7 Å². The summed E-state index contributed by atoms with van der Waals surface area (Å²) in [6.45, 7) is 7.12. The highest BCUT2D eigenvalue weighted by Gasteiger charge is 2.26. The average molecular weight is 289 g/mol. The maximum absolute atomic E-state index is 11.3. The summed E-state index contributed by atoms with van der Waals surface area (Å²) in [5.74, 6) is -0.0289. The number of carboxylic acid groups (broad SMARTS) is 1. The third-order valence-corrected chi connectivity index (χ3v) is 4.55. The minimum Gasteiger partial charge on any atom is -0.478 e. The van der Waals surface area contributed by atoms with Gasteiger partial charge in [0.25, 0.3) is 0 Å². The Hall–Kier alpha value is -1.75. The molecular weight excluding hydrogens is 266 g/mol. The number of aromatic carboxylic acids is 1. The lowest BCUT2D eigenvalue weighted by molar-refractivity contribution is 0.0698. The Kier molecular flexibility index (Phi) is 3.76. The number of aryl methyl sites for hydroxylation is 1. The first-order valence-electron chi connectivity index (χ1n) is 7.65. The zero-order valence-corrected chi connectivity index (χ0v) is 12.5. The molecule has 0 atom stereocenters. The molecule has 0 aromatic heterocycles. The van der Waals surface area contributed by atoms with Crippen LogP contribution in [0, 0.1) is 12.8 Å². The molecule has 5 heteroatoms. The Morgan fingerprint density at radius 2 is 1.95 bits per heavy atom. The molecule has 3 rings (SSSR count). The van der Waals surface area contributed by atoms with E-state index in [1.807, 2.05) is 13.0 Å². The van der Waals surface area contributed by atoms with Crippen LogP contribution in [0.3, 0.4) is 0 Å². The summed E-state index contributed by atoms with van der Waals surface area (Å²) in [5.41, 5.74) is 8.26. The summed E-state index contributed by atoms with van der Waals surface area (Å²) in [7, 11) is 0. The Bertz CT molecular complexity index is 547. The van der Waals surface area contributed by atoms with Crippen molar-refractivity contribution >= 4 is 17.3 Å². The number of hydrogen-bond acceptors (Lipinski definition) is 4. The Balaban J connectivity index is 1.71. The number of piperazine rings is 1. The molecule has 0 spiro atoms. The van der Waals surface area contributed by atoms with Crippen LogP contribution in [0.5, 0.6) is 0 Å². The third kappa shape index (κ3) is 3.13. The smallest absolute Gasteiger partial charge is 0.337 e. The molecule has 0 bridgehead atoms. The number of carbonyl (C=O) groups is 1. The van der Waals surface area contributed by atoms with Gasteiger partial charge in [-0.05, 0) is 43.4 Å². The lowest BCUT2D eigenvalue weighted by Gasteiger charge is -2.36. The predicted molar refractivity (Wildman–Crippen MR) is 83.9 cm³/mol. The highest BCUT2D eigenvalue weighted by atomic mass is 16.4. The van der Waals surface area contributed by atoms with E-state index in [-0.39, 0.29) is 5.56 Å². The number of nitrogens with two attached hydrogens (primary N) is 1. The van der Waals surface area contributed by atoms with E-state index in [0.717, 1.165) is 43.3 Å². The summed E-state index contributed by atoms with van der Waals surface area (Å²) in [6, 6.07) is 3.71. The van der Waals surface area contributed by atoms with Crippen LogP contribution in [0.4, 0.5) is 11.4 Å². The Morgan fingerprint density at radius 1 is 1.29 bits per heavy atom. The molecule has 2 fully saturated rings. The monoisotopic (exact) mass is 289 g/mol. The molecule has 1 saturated carbocycles. The van der Waals surface area contributed by atoms with Gasteiger partial charge in [0, 0.05) is 44.1 Å². The quantitative estimate of drug-likeness (QED) is 0.827. The molecule has 0 amide bonds. The molecule has 1 heterocycles. The van der Waals surface area contributed by atoms with Crippen molar-refractivity contribution < 1.29 is 9.90 Å². The molecule has 5 nitrogen and oxygen atoms in total. The number of nitrogen functional groups attached to an aromatic ring is 1. The van der Waals surface area contributed by atoms with Crippen molar-refractivity contribution in [2.75, 3.05) is 43.4 Å². The molecule has 2 aliphatic rings. The third-order valence-electron chi connectivity index (χ3n) is 4.55. The minimum absolute atomic E-state index is 0.213. The number of hydrogen-bond donors (Lipinski definition) is 2. The van der Waals surface area contributed by atoms with E-state index in [2.05, 4.69) is 9.80 Å². The first-order valence-corrected chi connectivity index (χ1v) is 7.65. The molecule has 1 aliphatic carbocycles. The van der Waals surface area contributed by atoms with Gasteiger partial charge in [-0.15, -0.1) is 0 Å². The fourth-order valence-electron chi connectivity index (χ4n) is 2.99. The van der Waals surface area contributed by atoms with E-state index >= 15 is 0 Å². The number of nitrogens with zero attached hydrogens (tertiary/aromatic N) is 2. The van der Waals surface area contributed by atoms with E-state index in [0.29, 0.717) is 5.69 Å². The topological polar surface area (TPSA) is 69.8 Å². The summed E-state index contributed by atoms with van der Waals surface area (Å²) in [5, 5.41) is 9.25. The van der Waals surface area contributed by atoms with Crippen LogP contribution in [-0.2, 0) is 0 Å². The maximum atomic E-state index is 11.3. The lowest BCUT2D eigenvalue weighted by Crippen LogP contribution is -2.47. The van der Waals surface area contributed by atoms with Crippen LogP contribution in [0.2, 0.25) is 0 Å². The second-order valence-corrected chi connectivity index (χ2v) is 6.26. The van der Waals surface area contributed by atoms with E-state index in [1.165, 1.54) is 19.4 Å². The largest absolute Gasteiger partial charge is 0.478 e. The van der Waals surface area contributed by atoms with Crippen molar-refractivity contribution in [2.45, 2.75) is 19.8 Å². The molecule has 0 radical (unpaired) electrons. The van der Waals surface area contributed by atoms with E-state index in [4.69, 9.17) is 5.73 Å². The van der Waals surface area contributed by atoms with Crippen molar-refractivity contribution in [3.05, 3.63) is 23.3 Å². The van der Waals surface area contributed by atoms with E-state index < -0.39 is 5.97 Å². The summed E-state index contributed by atoms with van der Waals surface area (Å²) in [6.07, 6.45) is 2.78. The van der Waals surface area contributed by atoms with Crippen LogP contribution in [0.25, 0.3) is 0 Å². The molecule has 0 unspecified atom stereocenters. The second kappa shape index (κ2) is 5.56. The molecule has 1 saturated heterocycles. The zero-order chi connectivity index (χ0) is 15.0. The first kappa shape index (κ1) is 14.2. The van der Waals surface area contributed by atoms with Crippen molar-refractivity contribution in [2.24, 2.45) is 5.92 Å². The predicted octanol–water partition coefficient (Wildman–Crippen LogP) is 1.81. The molecule has 1 aromatic carbocycles. The van der Waals surface area contributed by atoms with Crippen molar-refractivity contribution in [3.63, 3.8) is 0 Å². The van der Waals surface area contributed by atoms with Gasteiger partial charge in [-0.1, -0.05) is 0 Å². The van der Waals surface area contributed by atoms with Gasteiger partial charge in [0.1, 0.15) is 0 Å². The van der Waals surface area contributed by atoms with Gasteiger partial charge in [0.2, 0.25) is 0 Å². The maximum Gasteiger partial charge on any atom is 0.337 e. The zero-order valence-electron chi connectivity index (χ0n) is 12.5. The van der Waals surface area contributed by atoms with Crippen molar-refractivity contribution in [3.8, 4) is 0 Å². The minimum atomic E-state index is -0.954. The summed E-state index contributed by atoms with van der Waals surface area (Å²) in [4.78, 5) is 16.1. The number of benzene rings is 1. The summed E-state index contributed by atoms with van der Waals surface area (Å²) >= 11 is 0. The number of carboxylic acids is 1. The lowest BCUT2D eigenvalue weighted by atomic mass is 10.1. The van der Waals surface area contributed by atoms with Gasteiger partial charge in [-0.2, -0.15) is 0 Å². The Morgan fingerprint density at radius 3 is 2.52 bits per heavy atom. The average Bonchev–Trinajstić information content (AvgIpc) is 3.26. The van der Waals surface area contributed by atoms with E-state index in [9.17, 15) is 9.90 Å².